The minimum absolute atomic E-state index is 0.0307. The van der Waals surface area contributed by atoms with Crippen molar-refractivity contribution in [3.05, 3.63) is 99.9 Å². The number of hydrogen-bond donors (Lipinski definition) is 0. The van der Waals surface area contributed by atoms with Crippen molar-refractivity contribution in [2.75, 3.05) is 0 Å². The summed E-state index contributed by atoms with van der Waals surface area (Å²) in [4.78, 5) is 25.8. The standard InChI is InChI=1S/C24H27N3O3/c1-18(2)19(3)26(24(28)21-11-7-12-22(15-21)27(29)30)17-23-13-8-14-25(23)16-20-9-5-4-6-10-20/h4-15,18-19H,16-17H2,1-3H3. The molecule has 1 heterocycles. The first-order chi connectivity index (χ1) is 14.4. The van der Waals surface area contributed by atoms with E-state index in [1.807, 2.05) is 43.5 Å². The highest BCUT2D eigenvalue weighted by atomic mass is 16.6. The van der Waals surface area contributed by atoms with Crippen molar-refractivity contribution in [2.45, 2.75) is 39.9 Å². The summed E-state index contributed by atoms with van der Waals surface area (Å²) in [5.74, 6) is 0.0394. The van der Waals surface area contributed by atoms with Crippen molar-refractivity contribution in [3.8, 4) is 0 Å². The fourth-order valence-electron chi connectivity index (χ4n) is 3.38. The number of nitrogens with zero attached hydrogens (tertiary/aromatic N) is 3. The SMILES string of the molecule is CC(C)C(C)N(Cc1cccn1Cc1ccccc1)C(=O)c1cccc([N+](=O)[O-])c1. The molecule has 0 N–H and O–H groups in total. The third-order valence-electron chi connectivity index (χ3n) is 5.47. The van der Waals surface area contributed by atoms with E-state index >= 15 is 0 Å². The van der Waals surface area contributed by atoms with Crippen LogP contribution in [-0.4, -0.2) is 26.3 Å². The quantitative estimate of drug-likeness (QED) is 0.385. The summed E-state index contributed by atoms with van der Waals surface area (Å²) in [5.41, 5.74) is 2.46. The molecule has 1 amide bonds. The lowest BCUT2D eigenvalue weighted by molar-refractivity contribution is -0.384. The maximum Gasteiger partial charge on any atom is 0.270 e. The fraction of sp³-hybridized carbons (Fsp3) is 0.292. The van der Waals surface area contributed by atoms with Crippen LogP contribution in [0.25, 0.3) is 0 Å². The lowest BCUT2D eigenvalue weighted by Gasteiger charge is -2.32. The van der Waals surface area contributed by atoms with Gasteiger partial charge in [-0.3, -0.25) is 14.9 Å². The maximum atomic E-state index is 13.4. The summed E-state index contributed by atoms with van der Waals surface area (Å²) < 4.78 is 2.14. The molecule has 30 heavy (non-hydrogen) atoms. The van der Waals surface area contributed by atoms with Crippen molar-refractivity contribution in [3.63, 3.8) is 0 Å². The van der Waals surface area contributed by atoms with Crippen LogP contribution >= 0.6 is 0 Å². The number of aromatic nitrogens is 1. The zero-order valence-corrected chi connectivity index (χ0v) is 17.6. The van der Waals surface area contributed by atoms with Gasteiger partial charge in [-0.25, -0.2) is 0 Å². The van der Waals surface area contributed by atoms with Gasteiger partial charge in [-0.05, 0) is 36.6 Å². The van der Waals surface area contributed by atoms with E-state index in [0.717, 1.165) is 12.2 Å². The van der Waals surface area contributed by atoms with Crippen molar-refractivity contribution >= 4 is 11.6 Å². The second-order valence-electron chi connectivity index (χ2n) is 7.84. The van der Waals surface area contributed by atoms with Crippen LogP contribution in [-0.2, 0) is 13.1 Å². The van der Waals surface area contributed by atoms with E-state index in [9.17, 15) is 14.9 Å². The molecule has 0 fully saturated rings. The molecule has 1 unspecified atom stereocenters. The Labute approximate surface area is 176 Å². The minimum atomic E-state index is -0.474. The molecule has 6 nitrogen and oxygen atoms in total. The largest absolute Gasteiger partial charge is 0.345 e. The van der Waals surface area contributed by atoms with Crippen LogP contribution in [0.1, 0.15) is 42.4 Å². The summed E-state index contributed by atoms with van der Waals surface area (Å²) in [6.07, 6.45) is 2.01. The first kappa shape index (κ1) is 21.3. The number of carbonyl (C=O) groups is 1. The van der Waals surface area contributed by atoms with Gasteiger partial charge in [-0.15, -0.1) is 0 Å². The maximum absolute atomic E-state index is 13.4. The number of non-ortho nitro benzene ring substituents is 1. The summed E-state index contributed by atoms with van der Waals surface area (Å²) >= 11 is 0. The first-order valence-electron chi connectivity index (χ1n) is 10.1. The number of nitro benzene ring substituents is 1. The number of carbonyl (C=O) groups excluding carboxylic acids is 1. The average molecular weight is 405 g/mol. The molecule has 0 radical (unpaired) electrons. The molecule has 0 saturated heterocycles. The Morgan fingerprint density at radius 2 is 1.77 bits per heavy atom. The molecule has 2 aromatic carbocycles. The molecule has 1 atom stereocenters. The summed E-state index contributed by atoms with van der Waals surface area (Å²) in [5, 5.41) is 11.1. The zero-order chi connectivity index (χ0) is 21.7. The van der Waals surface area contributed by atoms with E-state index in [1.165, 1.54) is 17.7 Å². The second kappa shape index (κ2) is 9.39. The highest BCUT2D eigenvalue weighted by molar-refractivity contribution is 5.95. The van der Waals surface area contributed by atoms with E-state index in [2.05, 4.69) is 30.5 Å². The fourth-order valence-corrected chi connectivity index (χ4v) is 3.38. The highest BCUT2D eigenvalue weighted by Crippen LogP contribution is 2.21. The Morgan fingerprint density at radius 3 is 2.43 bits per heavy atom. The predicted molar refractivity (Wildman–Crippen MR) is 117 cm³/mol. The van der Waals surface area contributed by atoms with Crippen molar-refractivity contribution in [1.82, 2.24) is 9.47 Å². The molecule has 3 rings (SSSR count). The van der Waals surface area contributed by atoms with Gasteiger partial charge in [0.15, 0.2) is 0 Å². The Kier molecular flexibility index (Phi) is 6.67. The van der Waals surface area contributed by atoms with Gasteiger partial charge in [0.1, 0.15) is 0 Å². The van der Waals surface area contributed by atoms with Crippen molar-refractivity contribution < 1.29 is 9.72 Å². The Morgan fingerprint density at radius 1 is 1.03 bits per heavy atom. The van der Waals surface area contributed by atoms with Crippen LogP contribution in [0.3, 0.4) is 0 Å². The van der Waals surface area contributed by atoms with Gasteiger partial charge in [0.05, 0.1) is 11.5 Å². The predicted octanol–water partition coefficient (Wildman–Crippen LogP) is 5.13. The van der Waals surface area contributed by atoms with E-state index in [0.29, 0.717) is 12.1 Å². The lowest BCUT2D eigenvalue weighted by Crippen LogP contribution is -2.41. The molecule has 0 aliphatic carbocycles. The molecular weight excluding hydrogens is 378 g/mol. The number of benzene rings is 2. The normalized spacial score (nSPS) is 12.0. The van der Waals surface area contributed by atoms with Crippen LogP contribution in [0.5, 0.6) is 0 Å². The second-order valence-corrected chi connectivity index (χ2v) is 7.84. The molecular formula is C24H27N3O3. The van der Waals surface area contributed by atoms with Crippen LogP contribution in [0.15, 0.2) is 72.9 Å². The monoisotopic (exact) mass is 405 g/mol. The summed E-state index contributed by atoms with van der Waals surface area (Å²) in [6.45, 7) is 7.31. The Bertz CT molecular complexity index is 1010. The third-order valence-corrected chi connectivity index (χ3v) is 5.47. The van der Waals surface area contributed by atoms with Crippen molar-refractivity contribution in [1.29, 1.82) is 0 Å². The van der Waals surface area contributed by atoms with Gasteiger partial charge >= 0.3 is 0 Å². The molecule has 0 aliphatic heterocycles. The zero-order valence-electron chi connectivity index (χ0n) is 17.6. The molecule has 3 aromatic rings. The molecule has 0 aliphatic rings. The smallest absolute Gasteiger partial charge is 0.270 e. The topological polar surface area (TPSA) is 68.4 Å². The summed E-state index contributed by atoms with van der Waals surface area (Å²) in [7, 11) is 0. The molecule has 0 saturated carbocycles. The van der Waals surface area contributed by atoms with Gasteiger partial charge < -0.3 is 9.47 Å². The van der Waals surface area contributed by atoms with Gasteiger partial charge in [-0.1, -0.05) is 50.2 Å². The van der Waals surface area contributed by atoms with Gasteiger partial charge in [-0.2, -0.15) is 0 Å². The van der Waals surface area contributed by atoms with Crippen LogP contribution < -0.4 is 0 Å². The Balaban J connectivity index is 1.89. The van der Waals surface area contributed by atoms with Crippen LogP contribution in [0, 0.1) is 16.0 Å². The molecule has 0 bridgehead atoms. The molecule has 1 aromatic heterocycles. The van der Waals surface area contributed by atoms with Crippen LogP contribution in [0.4, 0.5) is 5.69 Å². The van der Waals surface area contributed by atoms with Gasteiger partial charge in [0.2, 0.25) is 0 Å². The number of nitro groups is 1. The first-order valence-corrected chi connectivity index (χ1v) is 10.1. The summed E-state index contributed by atoms with van der Waals surface area (Å²) in [6, 6.07) is 20.1. The van der Waals surface area contributed by atoms with E-state index in [-0.39, 0.29) is 23.6 Å². The molecule has 0 spiro atoms. The highest BCUT2D eigenvalue weighted by Gasteiger charge is 2.26. The van der Waals surface area contributed by atoms with E-state index in [1.54, 1.807) is 17.0 Å². The van der Waals surface area contributed by atoms with Gasteiger partial charge in [0.25, 0.3) is 11.6 Å². The average Bonchev–Trinajstić information content (AvgIpc) is 3.18. The molecule has 6 heteroatoms. The number of rotatable bonds is 8. The number of hydrogen-bond acceptors (Lipinski definition) is 3. The van der Waals surface area contributed by atoms with Gasteiger partial charge in [0, 0.05) is 42.2 Å². The van der Waals surface area contributed by atoms with E-state index in [4.69, 9.17) is 0 Å². The van der Waals surface area contributed by atoms with Crippen LogP contribution in [0.2, 0.25) is 0 Å². The molecule has 156 valence electrons. The van der Waals surface area contributed by atoms with E-state index < -0.39 is 4.92 Å². The number of amides is 1. The lowest BCUT2D eigenvalue weighted by atomic mass is 10.0. The third kappa shape index (κ3) is 4.95. The van der Waals surface area contributed by atoms with Crippen molar-refractivity contribution in [2.24, 2.45) is 5.92 Å². The Hall–Kier alpha value is -3.41. The minimum Gasteiger partial charge on any atom is -0.345 e.